The highest BCUT2D eigenvalue weighted by atomic mass is 32.2. The molecule has 8 heteroatoms. The standard InChI is InChI=1S/C12H11N3O3S2/c16-11(6-19-7-12(17)18)13-9-3-1-8(2-4-9)10-5-20-15-14-10/h1-5H,6-7H2,(H,13,16)(H,17,18). The maximum Gasteiger partial charge on any atom is 0.313 e. The van der Waals surface area contributed by atoms with Gasteiger partial charge in [-0.1, -0.05) is 16.6 Å². The molecule has 0 spiro atoms. The number of carbonyl (C=O) groups excluding carboxylic acids is 1. The van der Waals surface area contributed by atoms with E-state index in [0.29, 0.717) is 5.69 Å². The van der Waals surface area contributed by atoms with Gasteiger partial charge < -0.3 is 10.4 Å². The van der Waals surface area contributed by atoms with Crippen molar-refractivity contribution in [2.75, 3.05) is 16.8 Å². The number of anilines is 1. The summed E-state index contributed by atoms with van der Waals surface area (Å²) in [5.74, 6) is -1.11. The fraction of sp³-hybridized carbons (Fsp3) is 0.167. The first-order valence-corrected chi connectivity index (χ1v) is 7.61. The summed E-state index contributed by atoms with van der Waals surface area (Å²) in [5.41, 5.74) is 2.39. The Kier molecular flexibility index (Phi) is 5.08. The number of hydrogen-bond donors (Lipinski definition) is 2. The number of aliphatic carboxylic acids is 1. The first-order chi connectivity index (χ1) is 9.65. The molecule has 1 heterocycles. The van der Waals surface area contributed by atoms with E-state index in [1.807, 2.05) is 17.5 Å². The molecule has 20 heavy (non-hydrogen) atoms. The lowest BCUT2D eigenvalue weighted by Gasteiger charge is -2.05. The highest BCUT2D eigenvalue weighted by Crippen LogP contribution is 2.20. The first-order valence-electron chi connectivity index (χ1n) is 5.62. The summed E-state index contributed by atoms with van der Waals surface area (Å²) in [6, 6.07) is 7.23. The molecule has 0 aliphatic rings. The largest absolute Gasteiger partial charge is 0.481 e. The number of nitrogens with one attached hydrogen (secondary N) is 1. The average molecular weight is 309 g/mol. The summed E-state index contributed by atoms with van der Waals surface area (Å²) in [7, 11) is 0. The van der Waals surface area contributed by atoms with E-state index in [1.165, 1.54) is 11.5 Å². The molecule has 2 aromatic rings. The summed E-state index contributed by atoms with van der Waals surface area (Å²) in [6.45, 7) is 0. The maximum absolute atomic E-state index is 11.6. The molecule has 2 N–H and O–H groups in total. The normalized spacial score (nSPS) is 10.2. The van der Waals surface area contributed by atoms with Crippen LogP contribution in [0.1, 0.15) is 0 Å². The Bertz CT molecular complexity index is 585. The lowest BCUT2D eigenvalue weighted by atomic mass is 10.1. The molecule has 1 aromatic carbocycles. The van der Waals surface area contributed by atoms with Gasteiger partial charge in [-0.25, -0.2) is 0 Å². The molecule has 0 aliphatic heterocycles. The van der Waals surface area contributed by atoms with Gasteiger partial charge in [-0.05, 0) is 23.7 Å². The van der Waals surface area contributed by atoms with E-state index in [-0.39, 0.29) is 17.4 Å². The fourth-order valence-corrected chi connectivity index (χ4v) is 2.44. The van der Waals surface area contributed by atoms with Gasteiger partial charge in [0.05, 0.1) is 11.5 Å². The Morgan fingerprint density at radius 3 is 2.60 bits per heavy atom. The van der Waals surface area contributed by atoms with E-state index >= 15 is 0 Å². The van der Waals surface area contributed by atoms with Crippen LogP contribution in [0.25, 0.3) is 11.3 Å². The minimum absolute atomic E-state index is 0.0802. The summed E-state index contributed by atoms with van der Waals surface area (Å²) >= 11 is 2.34. The van der Waals surface area contributed by atoms with Crippen molar-refractivity contribution in [1.82, 2.24) is 9.59 Å². The first kappa shape index (κ1) is 14.5. The number of hydrogen-bond acceptors (Lipinski definition) is 6. The van der Waals surface area contributed by atoms with Gasteiger partial charge in [-0.15, -0.1) is 16.9 Å². The van der Waals surface area contributed by atoms with Crippen molar-refractivity contribution >= 4 is 40.9 Å². The lowest BCUT2D eigenvalue weighted by molar-refractivity contribution is -0.133. The van der Waals surface area contributed by atoms with Gasteiger partial charge in [-0.3, -0.25) is 9.59 Å². The monoisotopic (exact) mass is 309 g/mol. The fourth-order valence-electron chi connectivity index (χ4n) is 1.44. The van der Waals surface area contributed by atoms with E-state index in [4.69, 9.17) is 5.11 Å². The van der Waals surface area contributed by atoms with Crippen LogP contribution >= 0.6 is 23.3 Å². The number of nitrogens with zero attached hydrogens (tertiary/aromatic N) is 2. The number of benzene rings is 1. The molecular formula is C12H11N3O3S2. The molecule has 0 atom stereocenters. The number of rotatable bonds is 6. The third-order valence-electron chi connectivity index (χ3n) is 2.28. The van der Waals surface area contributed by atoms with Crippen LogP contribution < -0.4 is 5.32 Å². The summed E-state index contributed by atoms with van der Waals surface area (Å²) in [6.07, 6.45) is 0. The van der Waals surface area contributed by atoms with Crippen LogP contribution in [0.15, 0.2) is 29.6 Å². The van der Waals surface area contributed by atoms with Crippen molar-refractivity contribution in [2.45, 2.75) is 0 Å². The second-order valence-corrected chi connectivity index (χ2v) is 5.40. The molecule has 0 aliphatic carbocycles. The minimum Gasteiger partial charge on any atom is -0.481 e. The predicted molar refractivity (Wildman–Crippen MR) is 78.9 cm³/mol. The Morgan fingerprint density at radius 2 is 2.00 bits per heavy atom. The van der Waals surface area contributed by atoms with Crippen molar-refractivity contribution in [3.8, 4) is 11.3 Å². The smallest absolute Gasteiger partial charge is 0.313 e. The van der Waals surface area contributed by atoms with Gasteiger partial charge in [0.15, 0.2) is 0 Å². The van der Waals surface area contributed by atoms with Gasteiger partial charge in [0.2, 0.25) is 5.91 Å². The van der Waals surface area contributed by atoms with Crippen LogP contribution in [0.2, 0.25) is 0 Å². The second kappa shape index (κ2) is 7.01. The van der Waals surface area contributed by atoms with E-state index in [2.05, 4.69) is 14.9 Å². The van der Waals surface area contributed by atoms with Gasteiger partial charge >= 0.3 is 5.97 Å². The Hall–Kier alpha value is -1.93. The summed E-state index contributed by atoms with van der Waals surface area (Å²) < 4.78 is 3.79. The molecule has 0 saturated carbocycles. The SMILES string of the molecule is O=C(O)CSCC(=O)Nc1ccc(-c2csnn2)cc1. The molecule has 2 rings (SSSR count). The molecule has 1 aromatic heterocycles. The third-order valence-corrected chi connectivity index (χ3v) is 3.71. The highest BCUT2D eigenvalue weighted by molar-refractivity contribution is 8.00. The third kappa shape index (κ3) is 4.32. The molecular weight excluding hydrogens is 298 g/mol. The quantitative estimate of drug-likeness (QED) is 0.847. The van der Waals surface area contributed by atoms with Gasteiger partial charge in [0.1, 0.15) is 5.69 Å². The van der Waals surface area contributed by atoms with Crippen molar-refractivity contribution < 1.29 is 14.7 Å². The van der Waals surface area contributed by atoms with Crippen molar-refractivity contribution in [2.24, 2.45) is 0 Å². The van der Waals surface area contributed by atoms with Gasteiger partial charge in [0, 0.05) is 16.6 Å². The molecule has 6 nitrogen and oxygen atoms in total. The number of thioether (sulfide) groups is 1. The van der Waals surface area contributed by atoms with Crippen LogP contribution in [0.5, 0.6) is 0 Å². The van der Waals surface area contributed by atoms with Gasteiger partial charge in [0.25, 0.3) is 0 Å². The topological polar surface area (TPSA) is 92.2 Å². The molecule has 0 bridgehead atoms. The number of carboxylic acid groups (broad SMARTS) is 1. The molecule has 0 radical (unpaired) electrons. The van der Waals surface area contributed by atoms with Crippen LogP contribution in [-0.4, -0.2) is 38.1 Å². The zero-order valence-corrected chi connectivity index (χ0v) is 11.9. The minimum atomic E-state index is -0.927. The zero-order valence-electron chi connectivity index (χ0n) is 10.3. The maximum atomic E-state index is 11.6. The number of carbonyl (C=O) groups is 2. The number of carboxylic acids is 1. The van der Waals surface area contributed by atoms with Crippen LogP contribution in [0.4, 0.5) is 5.69 Å². The Morgan fingerprint density at radius 1 is 1.25 bits per heavy atom. The Labute approximate surface area is 123 Å². The van der Waals surface area contributed by atoms with E-state index in [0.717, 1.165) is 23.0 Å². The van der Waals surface area contributed by atoms with E-state index < -0.39 is 5.97 Å². The lowest BCUT2D eigenvalue weighted by Crippen LogP contribution is -2.15. The van der Waals surface area contributed by atoms with Crippen molar-refractivity contribution in [3.63, 3.8) is 0 Å². The Balaban J connectivity index is 1.87. The molecule has 1 amide bonds. The van der Waals surface area contributed by atoms with E-state index in [9.17, 15) is 9.59 Å². The van der Waals surface area contributed by atoms with Crippen LogP contribution in [0, 0.1) is 0 Å². The molecule has 0 unspecified atom stereocenters. The molecule has 0 saturated heterocycles. The number of aromatic nitrogens is 2. The predicted octanol–water partition coefficient (Wildman–Crippen LogP) is 1.96. The summed E-state index contributed by atoms with van der Waals surface area (Å²) in [5, 5.41) is 17.0. The van der Waals surface area contributed by atoms with Gasteiger partial charge in [-0.2, -0.15) is 0 Å². The zero-order chi connectivity index (χ0) is 14.4. The number of amides is 1. The summed E-state index contributed by atoms with van der Waals surface area (Å²) in [4.78, 5) is 21.9. The molecule has 104 valence electrons. The van der Waals surface area contributed by atoms with Crippen LogP contribution in [-0.2, 0) is 9.59 Å². The second-order valence-electron chi connectivity index (χ2n) is 3.80. The van der Waals surface area contributed by atoms with Crippen LogP contribution in [0.3, 0.4) is 0 Å². The highest BCUT2D eigenvalue weighted by Gasteiger charge is 2.06. The average Bonchev–Trinajstić information content (AvgIpc) is 2.93. The van der Waals surface area contributed by atoms with E-state index in [1.54, 1.807) is 12.1 Å². The van der Waals surface area contributed by atoms with Crippen molar-refractivity contribution in [3.05, 3.63) is 29.6 Å². The molecule has 0 fully saturated rings. The van der Waals surface area contributed by atoms with Crippen molar-refractivity contribution in [1.29, 1.82) is 0 Å².